The first-order valence-electron chi connectivity index (χ1n) is 9.06. The number of hydrogen-bond acceptors (Lipinski definition) is 5. The summed E-state index contributed by atoms with van der Waals surface area (Å²) in [6.07, 6.45) is 1.52. The number of benzene rings is 2. The predicted molar refractivity (Wildman–Crippen MR) is 112 cm³/mol. The number of carbonyl (C=O) groups is 1. The average molecular weight is 379 g/mol. The van der Waals surface area contributed by atoms with Crippen LogP contribution in [0, 0.1) is 11.3 Å². The van der Waals surface area contributed by atoms with E-state index in [0.29, 0.717) is 22.7 Å². The molecule has 28 heavy (non-hydrogen) atoms. The van der Waals surface area contributed by atoms with Gasteiger partial charge in [0.1, 0.15) is 11.6 Å². The van der Waals surface area contributed by atoms with Gasteiger partial charge in [0.2, 0.25) is 0 Å². The van der Waals surface area contributed by atoms with Gasteiger partial charge in [-0.2, -0.15) is 5.26 Å². The Morgan fingerprint density at radius 2 is 1.71 bits per heavy atom. The number of carbonyl (C=O) groups excluding carboxylic acids is 1. The summed E-state index contributed by atoms with van der Waals surface area (Å²) in [5, 5.41) is 12.2. The Bertz CT molecular complexity index is 879. The molecule has 1 amide bonds. The normalized spacial score (nSPS) is 10.8. The van der Waals surface area contributed by atoms with Crippen molar-refractivity contribution in [3.05, 3.63) is 53.6 Å². The van der Waals surface area contributed by atoms with Crippen LogP contribution < -0.4 is 19.7 Å². The minimum atomic E-state index is -0.465. The minimum absolute atomic E-state index is 0.0000364. The van der Waals surface area contributed by atoms with Crippen LogP contribution in [0.2, 0.25) is 0 Å². The van der Waals surface area contributed by atoms with Crippen molar-refractivity contribution in [3.63, 3.8) is 0 Å². The largest absolute Gasteiger partial charge is 0.493 e. The Hall–Kier alpha value is -3.46. The van der Waals surface area contributed by atoms with Crippen LogP contribution in [0.5, 0.6) is 11.5 Å². The van der Waals surface area contributed by atoms with Gasteiger partial charge in [-0.3, -0.25) is 4.79 Å². The van der Waals surface area contributed by atoms with E-state index in [1.165, 1.54) is 13.2 Å². The number of nitriles is 1. The Labute approximate surface area is 166 Å². The first-order chi connectivity index (χ1) is 13.6. The van der Waals surface area contributed by atoms with Crippen LogP contribution in [0.1, 0.15) is 19.4 Å². The topological polar surface area (TPSA) is 74.6 Å². The van der Waals surface area contributed by atoms with E-state index in [0.717, 1.165) is 18.8 Å². The number of ether oxygens (including phenoxy) is 2. The van der Waals surface area contributed by atoms with E-state index in [1.807, 2.05) is 30.3 Å². The molecule has 0 aliphatic rings. The summed E-state index contributed by atoms with van der Waals surface area (Å²) in [5.74, 6) is 0.643. The monoisotopic (exact) mass is 379 g/mol. The van der Waals surface area contributed by atoms with Gasteiger partial charge >= 0.3 is 0 Å². The Balaban J connectivity index is 2.17. The predicted octanol–water partition coefficient (Wildman–Crippen LogP) is 4.10. The van der Waals surface area contributed by atoms with Crippen LogP contribution in [-0.4, -0.2) is 33.2 Å². The first kappa shape index (κ1) is 20.8. The highest BCUT2D eigenvalue weighted by Gasteiger charge is 2.11. The van der Waals surface area contributed by atoms with E-state index < -0.39 is 5.91 Å². The van der Waals surface area contributed by atoms with Crippen LogP contribution in [0.25, 0.3) is 6.08 Å². The van der Waals surface area contributed by atoms with Crippen LogP contribution >= 0.6 is 0 Å². The zero-order valence-corrected chi connectivity index (χ0v) is 16.7. The van der Waals surface area contributed by atoms with Crippen LogP contribution in [0.15, 0.2) is 48.0 Å². The van der Waals surface area contributed by atoms with Crippen molar-refractivity contribution in [2.45, 2.75) is 13.8 Å². The summed E-state index contributed by atoms with van der Waals surface area (Å²) < 4.78 is 10.5. The molecule has 0 unspecified atom stereocenters. The zero-order chi connectivity index (χ0) is 20.5. The summed E-state index contributed by atoms with van der Waals surface area (Å²) in [4.78, 5) is 14.7. The van der Waals surface area contributed by atoms with E-state index in [4.69, 9.17) is 9.47 Å². The Morgan fingerprint density at radius 1 is 1.07 bits per heavy atom. The lowest BCUT2D eigenvalue weighted by Crippen LogP contribution is -2.21. The molecule has 6 heteroatoms. The molecule has 0 aromatic heterocycles. The second kappa shape index (κ2) is 10.0. The summed E-state index contributed by atoms with van der Waals surface area (Å²) in [6.45, 7) is 6.01. The molecule has 146 valence electrons. The lowest BCUT2D eigenvalue weighted by molar-refractivity contribution is -0.112. The maximum Gasteiger partial charge on any atom is 0.266 e. The molecule has 0 saturated heterocycles. The van der Waals surface area contributed by atoms with Crippen molar-refractivity contribution in [2.24, 2.45) is 0 Å². The van der Waals surface area contributed by atoms with Crippen LogP contribution in [0.3, 0.4) is 0 Å². The molecule has 2 aromatic rings. The maximum absolute atomic E-state index is 12.5. The fourth-order valence-corrected chi connectivity index (χ4v) is 2.80. The van der Waals surface area contributed by atoms with Gasteiger partial charge in [-0.25, -0.2) is 0 Å². The van der Waals surface area contributed by atoms with E-state index >= 15 is 0 Å². The lowest BCUT2D eigenvalue weighted by atomic mass is 10.1. The van der Waals surface area contributed by atoms with Crippen molar-refractivity contribution < 1.29 is 14.3 Å². The SMILES string of the molecule is CCN(CC)c1ccc(NC(=O)/C(C#N)=C\c2ccc(OC)c(OC)c2)cc1. The number of rotatable bonds is 8. The fourth-order valence-electron chi connectivity index (χ4n) is 2.80. The van der Waals surface area contributed by atoms with Crippen molar-refractivity contribution in [2.75, 3.05) is 37.5 Å². The number of nitrogens with zero attached hydrogens (tertiary/aromatic N) is 2. The number of amides is 1. The first-order valence-corrected chi connectivity index (χ1v) is 9.06. The van der Waals surface area contributed by atoms with Gasteiger partial charge in [0, 0.05) is 24.5 Å². The molecule has 0 aliphatic heterocycles. The third-order valence-corrected chi connectivity index (χ3v) is 4.34. The van der Waals surface area contributed by atoms with Gasteiger partial charge in [-0.1, -0.05) is 6.07 Å². The molecule has 0 spiro atoms. The smallest absolute Gasteiger partial charge is 0.266 e. The molecule has 2 rings (SSSR count). The zero-order valence-electron chi connectivity index (χ0n) is 16.7. The third-order valence-electron chi connectivity index (χ3n) is 4.34. The summed E-state index contributed by atoms with van der Waals surface area (Å²) >= 11 is 0. The van der Waals surface area contributed by atoms with E-state index in [2.05, 4.69) is 24.1 Å². The molecule has 0 aliphatic carbocycles. The second-order valence-corrected chi connectivity index (χ2v) is 5.96. The van der Waals surface area contributed by atoms with E-state index in [1.54, 1.807) is 25.3 Å². The van der Waals surface area contributed by atoms with Crippen molar-refractivity contribution >= 4 is 23.4 Å². The highest BCUT2D eigenvalue weighted by atomic mass is 16.5. The number of methoxy groups -OCH3 is 2. The molecular formula is C22H25N3O3. The van der Waals surface area contributed by atoms with Gasteiger partial charge in [0.15, 0.2) is 11.5 Å². The second-order valence-electron chi connectivity index (χ2n) is 5.96. The van der Waals surface area contributed by atoms with Crippen molar-refractivity contribution in [1.82, 2.24) is 0 Å². The lowest BCUT2D eigenvalue weighted by Gasteiger charge is -2.21. The van der Waals surface area contributed by atoms with Gasteiger partial charge in [0.25, 0.3) is 5.91 Å². The third kappa shape index (κ3) is 5.04. The number of nitrogens with one attached hydrogen (secondary N) is 1. The van der Waals surface area contributed by atoms with Crippen molar-refractivity contribution in [3.8, 4) is 17.6 Å². The number of hydrogen-bond donors (Lipinski definition) is 1. The highest BCUT2D eigenvalue weighted by Crippen LogP contribution is 2.28. The molecule has 0 saturated carbocycles. The van der Waals surface area contributed by atoms with E-state index in [-0.39, 0.29) is 5.57 Å². The maximum atomic E-state index is 12.5. The Morgan fingerprint density at radius 3 is 2.25 bits per heavy atom. The summed E-state index contributed by atoms with van der Waals surface area (Å²) in [7, 11) is 3.08. The van der Waals surface area contributed by atoms with Crippen LogP contribution in [-0.2, 0) is 4.79 Å². The Kier molecular flexibility index (Phi) is 7.46. The van der Waals surface area contributed by atoms with Crippen molar-refractivity contribution in [1.29, 1.82) is 5.26 Å². The molecule has 0 atom stereocenters. The van der Waals surface area contributed by atoms with Gasteiger partial charge in [-0.15, -0.1) is 0 Å². The molecule has 0 radical (unpaired) electrons. The fraction of sp³-hybridized carbons (Fsp3) is 0.273. The standard InChI is InChI=1S/C22H25N3O3/c1-5-25(6-2)19-10-8-18(9-11-19)24-22(26)17(15-23)13-16-7-12-20(27-3)21(14-16)28-4/h7-14H,5-6H2,1-4H3,(H,24,26)/b17-13-. The molecule has 0 fully saturated rings. The summed E-state index contributed by atoms with van der Waals surface area (Å²) in [5.41, 5.74) is 2.39. The summed E-state index contributed by atoms with van der Waals surface area (Å²) in [6, 6.07) is 14.7. The quantitative estimate of drug-likeness (QED) is 0.552. The van der Waals surface area contributed by atoms with Gasteiger partial charge in [0.05, 0.1) is 14.2 Å². The average Bonchev–Trinajstić information content (AvgIpc) is 2.73. The van der Waals surface area contributed by atoms with Gasteiger partial charge in [-0.05, 0) is 61.9 Å². The molecule has 6 nitrogen and oxygen atoms in total. The van der Waals surface area contributed by atoms with E-state index in [9.17, 15) is 10.1 Å². The molecule has 0 bridgehead atoms. The minimum Gasteiger partial charge on any atom is -0.493 e. The molecule has 0 heterocycles. The molecular weight excluding hydrogens is 354 g/mol. The molecule has 1 N–H and O–H groups in total. The highest BCUT2D eigenvalue weighted by molar-refractivity contribution is 6.09. The van der Waals surface area contributed by atoms with Gasteiger partial charge < -0.3 is 19.7 Å². The number of anilines is 2. The molecule has 2 aromatic carbocycles. The van der Waals surface area contributed by atoms with Crippen LogP contribution in [0.4, 0.5) is 11.4 Å².